The Labute approximate surface area is 115 Å². The topological polar surface area (TPSA) is 61.4 Å². The van der Waals surface area contributed by atoms with Gasteiger partial charge in [0.25, 0.3) is 0 Å². The van der Waals surface area contributed by atoms with Crippen LogP contribution in [-0.4, -0.2) is 49.9 Å². The van der Waals surface area contributed by atoms with E-state index in [9.17, 15) is 9.59 Å². The highest BCUT2D eigenvalue weighted by atomic mass is 16.2. The molecule has 2 aliphatic heterocycles. The zero-order valence-electron chi connectivity index (χ0n) is 12.0. The molecule has 19 heavy (non-hydrogen) atoms. The average molecular weight is 267 g/mol. The summed E-state index contributed by atoms with van der Waals surface area (Å²) in [5.41, 5.74) is -0.252. The standard InChI is InChI=1S/C14H25N3O2/c1-14(6-3-7-16-10-14)13(19)17-8-4-11(5-9-17)12(18)15-2/h11,16H,3-10H2,1-2H3,(H,15,18). The zero-order valence-corrected chi connectivity index (χ0v) is 12.0. The normalized spacial score (nSPS) is 29.1. The molecule has 2 N–H and O–H groups in total. The predicted molar refractivity (Wildman–Crippen MR) is 73.6 cm³/mol. The molecule has 5 nitrogen and oxygen atoms in total. The molecule has 2 aliphatic rings. The summed E-state index contributed by atoms with van der Waals surface area (Å²) in [7, 11) is 1.68. The van der Waals surface area contributed by atoms with Crippen molar-refractivity contribution in [3.05, 3.63) is 0 Å². The first-order valence-electron chi connectivity index (χ1n) is 7.28. The number of hydrogen-bond donors (Lipinski definition) is 2. The molecule has 0 aromatic carbocycles. The SMILES string of the molecule is CNC(=O)C1CCN(C(=O)C2(C)CCCNC2)CC1. The fourth-order valence-corrected chi connectivity index (χ4v) is 3.17. The smallest absolute Gasteiger partial charge is 0.229 e. The fraction of sp³-hybridized carbons (Fsp3) is 0.857. The first-order chi connectivity index (χ1) is 9.07. The number of nitrogens with one attached hydrogen (secondary N) is 2. The molecule has 0 spiro atoms. The van der Waals surface area contributed by atoms with E-state index < -0.39 is 0 Å². The highest BCUT2D eigenvalue weighted by molar-refractivity contribution is 5.83. The van der Waals surface area contributed by atoms with Crippen LogP contribution >= 0.6 is 0 Å². The van der Waals surface area contributed by atoms with Gasteiger partial charge in [0, 0.05) is 32.6 Å². The first-order valence-corrected chi connectivity index (χ1v) is 7.28. The summed E-state index contributed by atoms with van der Waals surface area (Å²) >= 11 is 0. The van der Waals surface area contributed by atoms with Gasteiger partial charge in [0.05, 0.1) is 5.41 Å². The monoisotopic (exact) mass is 267 g/mol. The van der Waals surface area contributed by atoms with Crippen molar-refractivity contribution >= 4 is 11.8 Å². The Bertz CT molecular complexity index is 343. The van der Waals surface area contributed by atoms with Crippen molar-refractivity contribution in [1.29, 1.82) is 0 Å². The summed E-state index contributed by atoms with van der Waals surface area (Å²) in [4.78, 5) is 26.1. The molecule has 2 heterocycles. The third-order valence-electron chi connectivity index (χ3n) is 4.51. The summed E-state index contributed by atoms with van der Waals surface area (Å²) in [5.74, 6) is 0.444. The number of carbonyl (C=O) groups is 2. The fourth-order valence-electron chi connectivity index (χ4n) is 3.17. The molecule has 0 aromatic rings. The van der Waals surface area contributed by atoms with Crippen molar-refractivity contribution in [3.8, 4) is 0 Å². The van der Waals surface area contributed by atoms with E-state index in [0.717, 1.165) is 38.8 Å². The molecule has 2 fully saturated rings. The van der Waals surface area contributed by atoms with Crippen LogP contribution in [0.4, 0.5) is 0 Å². The van der Waals surface area contributed by atoms with Crippen molar-refractivity contribution in [2.75, 3.05) is 33.2 Å². The van der Waals surface area contributed by atoms with E-state index >= 15 is 0 Å². The lowest BCUT2D eigenvalue weighted by Crippen LogP contribution is -2.52. The quantitative estimate of drug-likeness (QED) is 0.759. The lowest BCUT2D eigenvalue weighted by Gasteiger charge is -2.40. The van der Waals surface area contributed by atoms with E-state index in [2.05, 4.69) is 17.6 Å². The molecule has 1 unspecified atom stereocenters. The van der Waals surface area contributed by atoms with Gasteiger partial charge in [-0.3, -0.25) is 9.59 Å². The molecule has 5 heteroatoms. The van der Waals surface area contributed by atoms with E-state index in [1.165, 1.54) is 0 Å². The molecule has 0 aliphatic carbocycles. The van der Waals surface area contributed by atoms with E-state index in [4.69, 9.17) is 0 Å². The van der Waals surface area contributed by atoms with Crippen LogP contribution in [0, 0.1) is 11.3 Å². The highest BCUT2D eigenvalue weighted by Gasteiger charge is 2.39. The second-order valence-electron chi connectivity index (χ2n) is 6.02. The molecule has 0 aromatic heterocycles. The summed E-state index contributed by atoms with van der Waals surface area (Å²) < 4.78 is 0. The van der Waals surface area contributed by atoms with Crippen molar-refractivity contribution in [3.63, 3.8) is 0 Å². The van der Waals surface area contributed by atoms with Crippen LogP contribution in [0.5, 0.6) is 0 Å². The molecule has 0 saturated carbocycles. The van der Waals surface area contributed by atoms with Gasteiger partial charge in [-0.05, 0) is 39.2 Å². The van der Waals surface area contributed by atoms with Crippen LogP contribution in [0.2, 0.25) is 0 Å². The first kappa shape index (κ1) is 14.3. The summed E-state index contributed by atoms with van der Waals surface area (Å²) in [6.07, 6.45) is 3.61. The Morgan fingerprint density at radius 2 is 2.00 bits per heavy atom. The molecular weight excluding hydrogens is 242 g/mol. The third-order valence-corrected chi connectivity index (χ3v) is 4.51. The van der Waals surface area contributed by atoms with Gasteiger partial charge in [-0.2, -0.15) is 0 Å². The van der Waals surface area contributed by atoms with Gasteiger partial charge in [0.1, 0.15) is 0 Å². The second kappa shape index (κ2) is 5.90. The van der Waals surface area contributed by atoms with Gasteiger partial charge >= 0.3 is 0 Å². The summed E-state index contributed by atoms with van der Waals surface area (Å²) in [5, 5.41) is 6.02. The molecule has 108 valence electrons. The Kier molecular flexibility index (Phi) is 4.45. The van der Waals surface area contributed by atoms with Gasteiger partial charge in [0.15, 0.2) is 0 Å². The maximum absolute atomic E-state index is 12.6. The van der Waals surface area contributed by atoms with Crippen LogP contribution in [-0.2, 0) is 9.59 Å². The Balaban J connectivity index is 1.90. The molecule has 0 radical (unpaired) electrons. The van der Waals surface area contributed by atoms with Crippen LogP contribution < -0.4 is 10.6 Å². The second-order valence-corrected chi connectivity index (χ2v) is 6.02. The van der Waals surface area contributed by atoms with E-state index in [0.29, 0.717) is 13.1 Å². The lowest BCUT2D eigenvalue weighted by molar-refractivity contribution is -0.145. The molecule has 2 saturated heterocycles. The van der Waals surface area contributed by atoms with E-state index in [-0.39, 0.29) is 23.1 Å². The molecule has 2 rings (SSSR count). The largest absolute Gasteiger partial charge is 0.359 e. The number of hydrogen-bond acceptors (Lipinski definition) is 3. The summed E-state index contributed by atoms with van der Waals surface area (Å²) in [6.45, 7) is 5.29. The van der Waals surface area contributed by atoms with Crippen molar-refractivity contribution < 1.29 is 9.59 Å². The number of carbonyl (C=O) groups excluding carboxylic acids is 2. The van der Waals surface area contributed by atoms with Gasteiger partial charge in [-0.15, -0.1) is 0 Å². The van der Waals surface area contributed by atoms with Crippen LogP contribution in [0.3, 0.4) is 0 Å². The minimum Gasteiger partial charge on any atom is -0.359 e. The maximum Gasteiger partial charge on any atom is 0.229 e. The summed E-state index contributed by atoms with van der Waals surface area (Å²) in [6, 6.07) is 0. The van der Waals surface area contributed by atoms with Gasteiger partial charge in [-0.25, -0.2) is 0 Å². The Morgan fingerprint density at radius 1 is 1.32 bits per heavy atom. The lowest BCUT2D eigenvalue weighted by atomic mass is 9.80. The van der Waals surface area contributed by atoms with E-state index in [1.54, 1.807) is 7.05 Å². The minimum atomic E-state index is -0.252. The van der Waals surface area contributed by atoms with Crippen LogP contribution in [0.1, 0.15) is 32.6 Å². The van der Waals surface area contributed by atoms with Crippen molar-refractivity contribution in [2.45, 2.75) is 32.6 Å². The number of piperidine rings is 2. The van der Waals surface area contributed by atoms with Crippen molar-refractivity contribution in [2.24, 2.45) is 11.3 Å². The Morgan fingerprint density at radius 3 is 2.53 bits per heavy atom. The molecule has 1 atom stereocenters. The number of amides is 2. The number of rotatable bonds is 2. The third kappa shape index (κ3) is 3.08. The highest BCUT2D eigenvalue weighted by Crippen LogP contribution is 2.30. The minimum absolute atomic E-state index is 0.0753. The number of nitrogens with zero attached hydrogens (tertiary/aromatic N) is 1. The van der Waals surface area contributed by atoms with Crippen molar-refractivity contribution in [1.82, 2.24) is 15.5 Å². The predicted octanol–water partition coefficient (Wildman–Crippen LogP) is 0.361. The maximum atomic E-state index is 12.6. The average Bonchev–Trinajstić information content (AvgIpc) is 2.46. The molecule has 2 amide bonds. The number of likely N-dealkylation sites (tertiary alicyclic amines) is 1. The zero-order chi connectivity index (χ0) is 13.9. The van der Waals surface area contributed by atoms with E-state index in [1.807, 2.05) is 4.90 Å². The van der Waals surface area contributed by atoms with Crippen LogP contribution in [0.25, 0.3) is 0 Å². The van der Waals surface area contributed by atoms with Gasteiger partial charge in [-0.1, -0.05) is 0 Å². The molecule has 0 bridgehead atoms. The van der Waals surface area contributed by atoms with Gasteiger partial charge in [0.2, 0.25) is 11.8 Å². The Hall–Kier alpha value is -1.10. The van der Waals surface area contributed by atoms with Crippen LogP contribution in [0.15, 0.2) is 0 Å². The molecular formula is C14H25N3O2. The van der Waals surface area contributed by atoms with Gasteiger partial charge < -0.3 is 15.5 Å².